The third kappa shape index (κ3) is 3.37. The van der Waals surface area contributed by atoms with Crippen molar-refractivity contribution >= 4 is 5.78 Å². The summed E-state index contributed by atoms with van der Waals surface area (Å²) in [5.74, 6) is 4.33. The van der Waals surface area contributed by atoms with E-state index in [1.165, 1.54) is 32.1 Å². The lowest BCUT2D eigenvalue weighted by Gasteiger charge is -2.57. The normalized spacial score (nSPS) is 45.4. The molecule has 0 radical (unpaired) electrons. The molecule has 0 aliphatic heterocycles. The van der Waals surface area contributed by atoms with E-state index in [0.717, 1.165) is 43.4 Å². The molecule has 0 spiro atoms. The molecule has 0 amide bonds. The third-order valence-electron chi connectivity index (χ3n) is 9.80. The number of imidazole rings is 1. The number of carbonyl (C=O) groups excluding carboxylic acids is 1. The number of aliphatic hydroxyl groups is 1. The van der Waals surface area contributed by atoms with E-state index in [1.54, 1.807) is 19.6 Å². The van der Waals surface area contributed by atoms with Crippen LogP contribution in [-0.2, 0) is 16.1 Å². The van der Waals surface area contributed by atoms with Gasteiger partial charge < -0.3 is 14.4 Å². The SMILES string of the molecule is COC[C@]1(O)CC[C@H]2[C@H](CC[C@@H]3[C@@H]2CC[C@]2(C)[C@@H](C(=O)Cn4ccnc4)CC[C@@H]32)C1. The van der Waals surface area contributed by atoms with Gasteiger partial charge >= 0.3 is 0 Å². The van der Waals surface area contributed by atoms with Crippen LogP contribution in [0.25, 0.3) is 0 Å². The van der Waals surface area contributed by atoms with Crippen molar-refractivity contribution in [2.45, 2.75) is 76.9 Å². The Hall–Kier alpha value is -1.20. The maximum Gasteiger partial charge on any atom is 0.156 e. The first-order chi connectivity index (χ1) is 14.4. The highest BCUT2D eigenvalue weighted by Gasteiger charge is 2.58. The Morgan fingerprint density at radius 3 is 2.73 bits per heavy atom. The fourth-order valence-corrected chi connectivity index (χ4v) is 8.56. The van der Waals surface area contributed by atoms with Crippen LogP contribution < -0.4 is 0 Å². The van der Waals surface area contributed by atoms with E-state index in [0.29, 0.717) is 30.8 Å². The van der Waals surface area contributed by atoms with Gasteiger partial charge in [0.15, 0.2) is 5.78 Å². The number of ketones is 1. The second-order valence-electron chi connectivity index (χ2n) is 11.2. The Balaban J connectivity index is 1.29. The lowest BCUT2D eigenvalue weighted by atomic mass is 9.49. The highest BCUT2D eigenvalue weighted by atomic mass is 16.5. The van der Waals surface area contributed by atoms with Crippen molar-refractivity contribution in [3.05, 3.63) is 18.7 Å². The molecule has 0 saturated heterocycles. The number of rotatable bonds is 5. The molecule has 4 aliphatic carbocycles. The molecule has 166 valence electrons. The minimum atomic E-state index is -0.607. The van der Waals surface area contributed by atoms with E-state index < -0.39 is 5.60 Å². The molecule has 30 heavy (non-hydrogen) atoms. The number of hydrogen-bond acceptors (Lipinski definition) is 4. The van der Waals surface area contributed by atoms with Gasteiger partial charge in [-0.3, -0.25) is 4.79 Å². The summed E-state index contributed by atoms with van der Waals surface area (Å²) >= 11 is 0. The predicted molar refractivity (Wildman–Crippen MR) is 115 cm³/mol. The Morgan fingerprint density at radius 2 is 1.97 bits per heavy atom. The molecule has 0 bridgehead atoms. The molecule has 0 unspecified atom stereocenters. The van der Waals surface area contributed by atoms with Crippen molar-refractivity contribution in [3.63, 3.8) is 0 Å². The molecule has 1 N–H and O–H groups in total. The van der Waals surface area contributed by atoms with Gasteiger partial charge in [0.25, 0.3) is 0 Å². The summed E-state index contributed by atoms with van der Waals surface area (Å²) in [6.07, 6.45) is 15.7. The zero-order chi connectivity index (χ0) is 20.9. The van der Waals surface area contributed by atoms with Gasteiger partial charge in [-0.15, -0.1) is 0 Å². The quantitative estimate of drug-likeness (QED) is 0.788. The van der Waals surface area contributed by atoms with Crippen LogP contribution >= 0.6 is 0 Å². The molecule has 5 rings (SSSR count). The zero-order valence-corrected chi connectivity index (χ0v) is 18.6. The van der Waals surface area contributed by atoms with Crippen LogP contribution in [-0.4, -0.2) is 39.8 Å². The van der Waals surface area contributed by atoms with Crippen molar-refractivity contribution in [2.75, 3.05) is 13.7 Å². The van der Waals surface area contributed by atoms with E-state index in [9.17, 15) is 9.90 Å². The van der Waals surface area contributed by atoms with Crippen LogP contribution in [0.4, 0.5) is 0 Å². The largest absolute Gasteiger partial charge is 0.387 e. The summed E-state index contributed by atoms with van der Waals surface area (Å²) in [5.41, 5.74) is -0.429. The highest BCUT2D eigenvalue weighted by Crippen LogP contribution is 2.64. The lowest BCUT2D eigenvalue weighted by molar-refractivity contribution is -0.136. The smallest absolute Gasteiger partial charge is 0.156 e. The van der Waals surface area contributed by atoms with Gasteiger partial charge in [-0.25, -0.2) is 4.98 Å². The number of hydrogen-bond donors (Lipinski definition) is 1. The molecule has 1 aromatic rings. The fourth-order valence-electron chi connectivity index (χ4n) is 8.56. The summed E-state index contributed by atoms with van der Waals surface area (Å²) in [4.78, 5) is 17.3. The van der Waals surface area contributed by atoms with Crippen molar-refractivity contribution < 1.29 is 14.6 Å². The number of fused-ring (bicyclic) bond motifs is 5. The van der Waals surface area contributed by atoms with Gasteiger partial charge in [-0.1, -0.05) is 6.92 Å². The van der Waals surface area contributed by atoms with E-state index in [2.05, 4.69) is 11.9 Å². The van der Waals surface area contributed by atoms with E-state index in [4.69, 9.17) is 4.74 Å². The number of ether oxygens (including phenoxy) is 1. The number of Topliss-reactive ketones (excluding diaryl/α,β-unsaturated/α-hetero) is 1. The molecule has 5 nitrogen and oxygen atoms in total. The van der Waals surface area contributed by atoms with Crippen molar-refractivity contribution in [2.24, 2.45) is 40.9 Å². The first-order valence-electron chi connectivity index (χ1n) is 12.1. The molecule has 1 heterocycles. The number of nitrogens with zero attached hydrogens (tertiary/aromatic N) is 2. The van der Waals surface area contributed by atoms with Gasteiger partial charge in [0.2, 0.25) is 0 Å². The second kappa shape index (κ2) is 7.74. The van der Waals surface area contributed by atoms with Crippen LogP contribution in [0.1, 0.15) is 64.7 Å². The summed E-state index contributed by atoms with van der Waals surface area (Å²) in [5, 5.41) is 10.9. The highest BCUT2D eigenvalue weighted by molar-refractivity contribution is 5.82. The van der Waals surface area contributed by atoms with Gasteiger partial charge in [0.05, 0.1) is 25.1 Å². The molecule has 5 heteroatoms. The Labute approximate surface area is 180 Å². The number of carbonyl (C=O) groups is 1. The van der Waals surface area contributed by atoms with Crippen molar-refractivity contribution in [1.29, 1.82) is 0 Å². The minimum absolute atomic E-state index is 0.178. The average Bonchev–Trinajstić information content (AvgIpc) is 3.34. The molecule has 4 fully saturated rings. The monoisotopic (exact) mass is 414 g/mol. The lowest BCUT2D eigenvalue weighted by Crippen LogP contribution is -2.52. The molecular formula is C25H38N2O3. The number of methoxy groups -OCH3 is 1. The van der Waals surface area contributed by atoms with Gasteiger partial charge in [0, 0.05) is 25.4 Å². The first kappa shape index (κ1) is 20.7. The second-order valence-corrected chi connectivity index (χ2v) is 11.2. The summed E-state index contributed by atoms with van der Waals surface area (Å²) in [7, 11) is 1.70. The van der Waals surface area contributed by atoms with E-state index in [-0.39, 0.29) is 11.3 Å². The average molecular weight is 415 g/mol. The molecule has 0 aromatic carbocycles. The summed E-state index contributed by atoms with van der Waals surface area (Å²) < 4.78 is 7.25. The van der Waals surface area contributed by atoms with Crippen molar-refractivity contribution in [1.82, 2.24) is 9.55 Å². The predicted octanol–water partition coefficient (Wildman–Crippen LogP) is 4.10. The van der Waals surface area contributed by atoms with Crippen LogP contribution in [0, 0.1) is 40.9 Å². The molecular weight excluding hydrogens is 376 g/mol. The van der Waals surface area contributed by atoms with Gasteiger partial charge in [-0.05, 0) is 92.8 Å². The standard InChI is InChI=1S/C25H38N2O3/c1-24-9-7-19-18-8-10-25(29,15-30-2)13-17(18)3-4-20(19)21(24)5-6-22(24)23(28)14-27-12-11-26-16-27/h11-12,16-22,29H,3-10,13-15H2,1-2H3/t17-,18+,19-,20-,21+,22-,24+,25+/m1/s1. The number of aromatic nitrogens is 2. The van der Waals surface area contributed by atoms with Crippen LogP contribution in [0.5, 0.6) is 0 Å². The molecule has 1 aromatic heterocycles. The van der Waals surface area contributed by atoms with E-state index in [1.807, 2.05) is 10.8 Å². The summed E-state index contributed by atoms with van der Waals surface area (Å²) in [6.45, 7) is 3.39. The topological polar surface area (TPSA) is 64.3 Å². The zero-order valence-electron chi connectivity index (χ0n) is 18.6. The Bertz CT molecular complexity index is 764. The van der Waals surface area contributed by atoms with Gasteiger partial charge in [0.1, 0.15) is 0 Å². The fraction of sp³-hybridized carbons (Fsp3) is 0.840. The maximum absolute atomic E-state index is 13.2. The van der Waals surface area contributed by atoms with E-state index >= 15 is 0 Å². The Morgan fingerprint density at radius 1 is 1.13 bits per heavy atom. The Kier molecular flexibility index (Phi) is 5.34. The molecule has 4 saturated carbocycles. The van der Waals surface area contributed by atoms with Crippen LogP contribution in [0.2, 0.25) is 0 Å². The van der Waals surface area contributed by atoms with Gasteiger partial charge in [-0.2, -0.15) is 0 Å². The van der Waals surface area contributed by atoms with Crippen molar-refractivity contribution in [3.8, 4) is 0 Å². The first-order valence-corrected chi connectivity index (χ1v) is 12.1. The maximum atomic E-state index is 13.2. The molecule has 4 aliphatic rings. The van der Waals surface area contributed by atoms with Crippen LogP contribution in [0.3, 0.4) is 0 Å². The third-order valence-corrected chi connectivity index (χ3v) is 9.80. The van der Waals surface area contributed by atoms with Crippen LogP contribution in [0.15, 0.2) is 18.7 Å². The molecule has 8 atom stereocenters. The summed E-state index contributed by atoms with van der Waals surface area (Å²) in [6, 6.07) is 0. The minimum Gasteiger partial charge on any atom is -0.387 e.